The zero-order chi connectivity index (χ0) is 15.5. The van der Waals surface area contributed by atoms with Gasteiger partial charge in [0.1, 0.15) is 6.61 Å². The van der Waals surface area contributed by atoms with Crippen LogP contribution in [0.2, 0.25) is 0 Å². The quantitative estimate of drug-likeness (QED) is 0.750. The molecule has 1 aromatic heterocycles. The van der Waals surface area contributed by atoms with Crippen molar-refractivity contribution in [1.82, 2.24) is 0 Å². The number of phenolic OH excluding ortho intramolecular Hbond substituents is 1. The number of ether oxygens (including phenoxy) is 2. The normalized spacial score (nSPS) is 10.6. The van der Waals surface area contributed by atoms with Crippen molar-refractivity contribution in [3.05, 3.63) is 64.5 Å². The second-order valence-corrected chi connectivity index (χ2v) is 4.70. The predicted molar refractivity (Wildman–Crippen MR) is 81.5 cm³/mol. The van der Waals surface area contributed by atoms with Gasteiger partial charge in [0, 0.05) is 11.5 Å². The summed E-state index contributed by atoms with van der Waals surface area (Å²) < 4.78 is 15.9. The maximum absolute atomic E-state index is 11.3. The van der Waals surface area contributed by atoms with E-state index in [2.05, 4.69) is 0 Å². The second-order valence-electron chi connectivity index (χ2n) is 4.70. The molecule has 0 aliphatic rings. The topological polar surface area (TPSA) is 68.9 Å². The van der Waals surface area contributed by atoms with Crippen LogP contribution in [0.3, 0.4) is 0 Å². The standard InChI is InChI=1S/C17H14O5/c1-20-13-9-12-7-8-14(18)22-16(12)15(19)17(13)21-10-11-5-3-2-4-6-11/h2-9,19H,10H2,1H3. The van der Waals surface area contributed by atoms with Gasteiger partial charge in [0.05, 0.1) is 7.11 Å². The molecule has 0 fully saturated rings. The smallest absolute Gasteiger partial charge is 0.336 e. The van der Waals surface area contributed by atoms with Gasteiger partial charge in [-0.15, -0.1) is 0 Å². The molecule has 0 saturated carbocycles. The molecule has 1 heterocycles. The first-order chi connectivity index (χ1) is 10.7. The Morgan fingerprint density at radius 2 is 1.91 bits per heavy atom. The minimum absolute atomic E-state index is 0.0800. The van der Waals surface area contributed by atoms with Crippen molar-refractivity contribution in [3.63, 3.8) is 0 Å². The number of aromatic hydroxyl groups is 1. The van der Waals surface area contributed by atoms with E-state index in [4.69, 9.17) is 13.9 Å². The molecule has 1 N–H and O–H groups in total. The van der Waals surface area contributed by atoms with Crippen LogP contribution in [-0.4, -0.2) is 12.2 Å². The highest BCUT2D eigenvalue weighted by Crippen LogP contribution is 2.42. The first-order valence-corrected chi connectivity index (χ1v) is 6.69. The minimum atomic E-state index is -0.540. The Morgan fingerprint density at radius 3 is 2.64 bits per heavy atom. The van der Waals surface area contributed by atoms with Crippen LogP contribution >= 0.6 is 0 Å². The van der Waals surface area contributed by atoms with Gasteiger partial charge in [0.25, 0.3) is 0 Å². The van der Waals surface area contributed by atoms with E-state index in [1.54, 1.807) is 12.1 Å². The molecule has 5 heteroatoms. The third kappa shape index (κ3) is 2.61. The summed E-state index contributed by atoms with van der Waals surface area (Å²) in [6.45, 7) is 0.257. The Balaban J connectivity index is 2.03. The van der Waals surface area contributed by atoms with Crippen LogP contribution in [0.1, 0.15) is 5.56 Å². The van der Waals surface area contributed by atoms with Crippen LogP contribution < -0.4 is 15.1 Å². The van der Waals surface area contributed by atoms with E-state index in [-0.39, 0.29) is 23.7 Å². The first-order valence-electron chi connectivity index (χ1n) is 6.69. The van der Waals surface area contributed by atoms with E-state index >= 15 is 0 Å². The molecule has 2 aromatic carbocycles. The number of phenols is 1. The lowest BCUT2D eigenvalue weighted by Gasteiger charge is -2.13. The largest absolute Gasteiger partial charge is 0.502 e. The summed E-state index contributed by atoms with van der Waals surface area (Å²) in [4.78, 5) is 11.3. The molecule has 0 amide bonds. The van der Waals surface area contributed by atoms with Gasteiger partial charge in [-0.3, -0.25) is 0 Å². The van der Waals surface area contributed by atoms with Crippen molar-refractivity contribution in [1.29, 1.82) is 0 Å². The van der Waals surface area contributed by atoms with Crippen molar-refractivity contribution in [3.8, 4) is 17.2 Å². The number of benzene rings is 2. The molecule has 112 valence electrons. The van der Waals surface area contributed by atoms with Crippen molar-refractivity contribution in [2.45, 2.75) is 6.61 Å². The van der Waals surface area contributed by atoms with E-state index < -0.39 is 5.63 Å². The van der Waals surface area contributed by atoms with Crippen LogP contribution in [0.4, 0.5) is 0 Å². The van der Waals surface area contributed by atoms with Gasteiger partial charge in [-0.2, -0.15) is 0 Å². The SMILES string of the molecule is COc1cc2ccc(=O)oc2c(O)c1OCc1ccccc1. The highest BCUT2D eigenvalue weighted by Gasteiger charge is 2.17. The molecule has 5 nitrogen and oxygen atoms in total. The van der Waals surface area contributed by atoms with Crippen molar-refractivity contribution in [2.75, 3.05) is 7.11 Å². The fourth-order valence-corrected chi connectivity index (χ4v) is 2.17. The second kappa shape index (κ2) is 5.81. The molecular weight excluding hydrogens is 284 g/mol. The Labute approximate surface area is 126 Å². The first kappa shape index (κ1) is 14.0. The minimum Gasteiger partial charge on any atom is -0.502 e. The summed E-state index contributed by atoms with van der Waals surface area (Å²) in [5, 5.41) is 10.9. The maximum Gasteiger partial charge on any atom is 0.336 e. The number of methoxy groups -OCH3 is 1. The molecule has 22 heavy (non-hydrogen) atoms. The van der Waals surface area contributed by atoms with E-state index in [9.17, 15) is 9.90 Å². The van der Waals surface area contributed by atoms with Crippen LogP contribution in [0.15, 0.2) is 57.7 Å². The molecule has 0 atom stereocenters. The van der Waals surface area contributed by atoms with Crippen molar-refractivity contribution < 1.29 is 19.0 Å². The van der Waals surface area contributed by atoms with E-state index in [0.29, 0.717) is 11.1 Å². The molecule has 0 radical (unpaired) electrons. The highest BCUT2D eigenvalue weighted by atomic mass is 16.5. The Bertz CT molecular complexity index is 852. The molecule has 0 spiro atoms. The zero-order valence-corrected chi connectivity index (χ0v) is 11.9. The fraction of sp³-hybridized carbons (Fsp3) is 0.118. The number of fused-ring (bicyclic) bond motifs is 1. The molecule has 0 unspecified atom stereocenters. The van der Waals surface area contributed by atoms with Gasteiger partial charge < -0.3 is 19.0 Å². The van der Waals surface area contributed by atoms with Gasteiger partial charge in [0.15, 0.2) is 11.3 Å². The van der Waals surface area contributed by atoms with Gasteiger partial charge >= 0.3 is 5.63 Å². The van der Waals surface area contributed by atoms with Crippen molar-refractivity contribution >= 4 is 11.0 Å². The van der Waals surface area contributed by atoms with Gasteiger partial charge in [-0.25, -0.2) is 4.79 Å². The molecule has 0 saturated heterocycles. The third-order valence-electron chi connectivity index (χ3n) is 3.25. The lowest BCUT2D eigenvalue weighted by atomic mass is 10.2. The average Bonchev–Trinajstić information content (AvgIpc) is 2.55. The lowest BCUT2D eigenvalue weighted by molar-refractivity contribution is 0.269. The number of hydrogen-bond donors (Lipinski definition) is 1. The van der Waals surface area contributed by atoms with E-state index in [1.165, 1.54) is 13.2 Å². The fourth-order valence-electron chi connectivity index (χ4n) is 2.17. The average molecular weight is 298 g/mol. The molecule has 3 aromatic rings. The summed E-state index contributed by atoms with van der Waals surface area (Å²) in [6, 6.07) is 14.0. The zero-order valence-electron chi connectivity index (χ0n) is 11.9. The summed E-state index contributed by atoms with van der Waals surface area (Å²) in [7, 11) is 1.48. The molecule has 0 bridgehead atoms. The summed E-state index contributed by atoms with van der Waals surface area (Å²) in [5.74, 6) is 0.269. The molecular formula is C17H14O5. The van der Waals surface area contributed by atoms with Crippen molar-refractivity contribution in [2.24, 2.45) is 0 Å². The third-order valence-corrected chi connectivity index (χ3v) is 3.25. The summed E-state index contributed by atoms with van der Waals surface area (Å²) >= 11 is 0. The maximum atomic E-state index is 11.3. The number of hydrogen-bond acceptors (Lipinski definition) is 5. The van der Waals surface area contributed by atoms with Crippen LogP contribution in [-0.2, 0) is 6.61 Å². The predicted octanol–water partition coefficient (Wildman–Crippen LogP) is 3.09. The Morgan fingerprint density at radius 1 is 1.14 bits per heavy atom. The van der Waals surface area contributed by atoms with E-state index in [0.717, 1.165) is 5.56 Å². The van der Waals surface area contributed by atoms with Crippen LogP contribution in [0.25, 0.3) is 11.0 Å². The highest BCUT2D eigenvalue weighted by molar-refractivity contribution is 5.87. The van der Waals surface area contributed by atoms with Crippen LogP contribution in [0.5, 0.6) is 17.2 Å². The molecule has 0 aliphatic heterocycles. The Hall–Kier alpha value is -2.95. The Kier molecular flexibility index (Phi) is 3.70. The van der Waals surface area contributed by atoms with Gasteiger partial charge in [-0.1, -0.05) is 30.3 Å². The molecule has 3 rings (SSSR count). The molecule has 0 aliphatic carbocycles. The monoisotopic (exact) mass is 298 g/mol. The summed E-state index contributed by atoms with van der Waals surface area (Å²) in [5.41, 5.74) is 0.483. The number of rotatable bonds is 4. The van der Waals surface area contributed by atoms with Gasteiger partial charge in [-0.05, 0) is 17.7 Å². The van der Waals surface area contributed by atoms with Crippen LogP contribution in [0, 0.1) is 0 Å². The van der Waals surface area contributed by atoms with E-state index in [1.807, 2.05) is 30.3 Å². The lowest BCUT2D eigenvalue weighted by Crippen LogP contribution is -2.00. The van der Waals surface area contributed by atoms with Gasteiger partial charge in [0.2, 0.25) is 11.5 Å². The summed E-state index contributed by atoms with van der Waals surface area (Å²) in [6.07, 6.45) is 0.